The van der Waals surface area contributed by atoms with Crippen molar-refractivity contribution < 1.29 is 0 Å². The van der Waals surface area contributed by atoms with Gasteiger partial charge in [0.15, 0.2) is 18.2 Å². The molecular formula is C9H25Cl2N3Si3. The molecule has 1 fully saturated rings. The molecule has 8 heteroatoms. The van der Waals surface area contributed by atoms with Gasteiger partial charge in [-0.15, -0.1) is 0 Å². The SMILES string of the molecule is CC(C)[SiH]1N[SiH](C(C)C)N(Cl)[SiH](C(C)C)N1Cl. The van der Waals surface area contributed by atoms with E-state index < -0.39 is 27.4 Å². The Morgan fingerprint density at radius 1 is 0.765 bits per heavy atom. The maximum Gasteiger partial charge on any atom is 0.210 e. The van der Waals surface area contributed by atoms with E-state index in [1.165, 1.54) is 0 Å². The largest absolute Gasteiger partial charge is 0.339 e. The molecule has 0 aromatic rings. The van der Waals surface area contributed by atoms with Crippen LogP contribution >= 0.6 is 23.6 Å². The Balaban J connectivity index is 2.95. The highest BCUT2D eigenvalue weighted by Gasteiger charge is 2.46. The van der Waals surface area contributed by atoms with Crippen LogP contribution in [0.15, 0.2) is 0 Å². The zero-order valence-corrected chi connectivity index (χ0v) is 16.6. The quantitative estimate of drug-likeness (QED) is 0.633. The second kappa shape index (κ2) is 6.51. The van der Waals surface area contributed by atoms with Crippen molar-refractivity contribution >= 4 is 50.9 Å². The average Bonchev–Trinajstić information content (AvgIpc) is 2.15. The maximum absolute atomic E-state index is 6.59. The normalized spacial score (nSPS) is 33.0. The molecule has 1 aliphatic heterocycles. The second-order valence-electron chi connectivity index (χ2n) is 5.89. The summed E-state index contributed by atoms with van der Waals surface area (Å²) in [6, 6.07) is 0. The highest BCUT2D eigenvalue weighted by Crippen LogP contribution is 2.30. The molecule has 1 N–H and O–H groups in total. The minimum Gasteiger partial charge on any atom is -0.339 e. The molecule has 2 atom stereocenters. The first kappa shape index (κ1) is 16.2. The lowest BCUT2D eigenvalue weighted by Gasteiger charge is -2.49. The number of nitrogens with zero attached hydrogens (tertiary/aromatic N) is 2. The summed E-state index contributed by atoms with van der Waals surface area (Å²) in [4.78, 5) is 0. The Hall–Kier alpha value is 1.11. The van der Waals surface area contributed by atoms with Crippen molar-refractivity contribution in [2.45, 2.75) is 58.2 Å². The molecule has 0 aliphatic carbocycles. The van der Waals surface area contributed by atoms with Crippen LogP contribution in [0.3, 0.4) is 0 Å². The standard InChI is InChI=1S/C9H25Cl2N3Si3/c1-7(2)15-12-16(8(3)4)14(11)17(9(5)6)13(15)10/h7-9,12,15-17H,1-6H3. The van der Waals surface area contributed by atoms with E-state index in [4.69, 9.17) is 23.6 Å². The Morgan fingerprint density at radius 2 is 1.12 bits per heavy atom. The molecule has 2 unspecified atom stereocenters. The van der Waals surface area contributed by atoms with Crippen LogP contribution in [0.2, 0.25) is 16.6 Å². The molecule has 0 radical (unpaired) electrons. The molecule has 1 rings (SSSR count). The molecule has 3 nitrogen and oxygen atoms in total. The number of nitrogens with one attached hydrogen (secondary N) is 1. The van der Waals surface area contributed by atoms with E-state index in [9.17, 15) is 0 Å². The number of rotatable bonds is 3. The van der Waals surface area contributed by atoms with Gasteiger partial charge in [-0.3, -0.25) is 0 Å². The van der Waals surface area contributed by atoms with Crippen LogP contribution in [-0.4, -0.2) is 34.9 Å². The van der Waals surface area contributed by atoms with Gasteiger partial charge in [0.2, 0.25) is 9.12 Å². The first-order valence-electron chi connectivity index (χ1n) is 6.41. The molecule has 0 saturated carbocycles. The lowest BCUT2D eigenvalue weighted by atomic mass is 10.6. The van der Waals surface area contributed by atoms with Gasteiger partial charge < -0.3 is 4.65 Å². The van der Waals surface area contributed by atoms with Gasteiger partial charge in [-0.25, -0.2) is 7.50 Å². The van der Waals surface area contributed by atoms with E-state index >= 15 is 0 Å². The molecule has 0 amide bonds. The zero-order valence-electron chi connectivity index (χ0n) is 11.6. The topological polar surface area (TPSA) is 18.5 Å². The van der Waals surface area contributed by atoms with E-state index in [1.807, 2.05) is 0 Å². The predicted molar refractivity (Wildman–Crippen MR) is 85.3 cm³/mol. The van der Waals surface area contributed by atoms with Gasteiger partial charge >= 0.3 is 0 Å². The summed E-state index contributed by atoms with van der Waals surface area (Å²) in [5, 5.41) is 0. The fourth-order valence-corrected chi connectivity index (χ4v) is 24.9. The molecular weight excluding hydrogens is 305 g/mol. The smallest absolute Gasteiger partial charge is 0.210 e. The fraction of sp³-hybridized carbons (Fsp3) is 1.00. The molecule has 102 valence electrons. The minimum absolute atomic E-state index is 0.592. The van der Waals surface area contributed by atoms with E-state index in [0.717, 1.165) is 0 Å². The minimum atomic E-state index is -1.36. The highest BCUT2D eigenvalue weighted by atomic mass is 35.5. The molecule has 1 saturated heterocycles. The summed E-state index contributed by atoms with van der Waals surface area (Å²) >= 11 is 13.2. The van der Waals surface area contributed by atoms with Gasteiger partial charge in [-0.2, -0.15) is 0 Å². The van der Waals surface area contributed by atoms with Crippen LogP contribution in [0, 0.1) is 0 Å². The van der Waals surface area contributed by atoms with Crippen molar-refractivity contribution in [1.29, 1.82) is 0 Å². The summed E-state index contributed by atoms with van der Waals surface area (Å²) in [6.07, 6.45) is 0. The molecule has 0 bridgehead atoms. The van der Waals surface area contributed by atoms with Crippen LogP contribution in [0.4, 0.5) is 0 Å². The van der Waals surface area contributed by atoms with Gasteiger partial charge in [-0.1, -0.05) is 41.5 Å². The summed E-state index contributed by atoms with van der Waals surface area (Å²) in [5.74, 6) is 0. The molecule has 1 heterocycles. The summed E-state index contributed by atoms with van der Waals surface area (Å²) in [7, 11) is -3.79. The molecule has 0 spiro atoms. The highest BCUT2D eigenvalue weighted by molar-refractivity contribution is 6.94. The Morgan fingerprint density at radius 3 is 1.35 bits per heavy atom. The Bertz CT molecular complexity index is 236. The van der Waals surface area contributed by atoms with Crippen LogP contribution in [0.5, 0.6) is 0 Å². The van der Waals surface area contributed by atoms with E-state index in [2.05, 4.69) is 53.7 Å². The van der Waals surface area contributed by atoms with Crippen molar-refractivity contribution in [1.82, 2.24) is 12.1 Å². The summed E-state index contributed by atoms with van der Waals surface area (Å²) in [6.45, 7) is 13.6. The maximum atomic E-state index is 6.59. The monoisotopic (exact) mass is 329 g/mol. The van der Waals surface area contributed by atoms with Crippen molar-refractivity contribution in [2.75, 3.05) is 0 Å². The van der Waals surface area contributed by atoms with Gasteiger partial charge in [0, 0.05) is 0 Å². The van der Waals surface area contributed by atoms with Crippen molar-refractivity contribution in [2.24, 2.45) is 0 Å². The summed E-state index contributed by atoms with van der Waals surface area (Å²) in [5.41, 5.74) is 1.90. The second-order valence-corrected chi connectivity index (χ2v) is 19.3. The third-order valence-electron chi connectivity index (χ3n) is 3.24. The van der Waals surface area contributed by atoms with E-state index in [-0.39, 0.29) is 0 Å². The van der Waals surface area contributed by atoms with Crippen LogP contribution in [0.25, 0.3) is 0 Å². The van der Waals surface area contributed by atoms with Crippen molar-refractivity contribution in [3.05, 3.63) is 0 Å². The predicted octanol–water partition coefficient (Wildman–Crippen LogP) is 2.39. The number of hydrogen-bond acceptors (Lipinski definition) is 3. The fourth-order valence-electron chi connectivity index (χ4n) is 2.28. The lowest BCUT2D eigenvalue weighted by Crippen LogP contribution is -2.74. The molecule has 0 aromatic carbocycles. The van der Waals surface area contributed by atoms with Crippen molar-refractivity contribution in [3.8, 4) is 0 Å². The van der Waals surface area contributed by atoms with Gasteiger partial charge in [0.05, 0.1) is 0 Å². The van der Waals surface area contributed by atoms with Crippen LogP contribution in [-0.2, 0) is 0 Å². The Kier molecular flexibility index (Phi) is 6.19. The average molecular weight is 330 g/mol. The molecule has 0 aromatic heterocycles. The number of halogens is 2. The third-order valence-corrected chi connectivity index (χ3v) is 18.0. The molecule has 17 heavy (non-hydrogen) atoms. The lowest BCUT2D eigenvalue weighted by molar-refractivity contribution is 0.723. The van der Waals surface area contributed by atoms with E-state index in [1.54, 1.807) is 0 Å². The summed E-state index contributed by atoms with van der Waals surface area (Å²) < 4.78 is 8.13. The van der Waals surface area contributed by atoms with Crippen molar-refractivity contribution in [3.63, 3.8) is 0 Å². The van der Waals surface area contributed by atoms with E-state index in [0.29, 0.717) is 16.6 Å². The van der Waals surface area contributed by atoms with Gasteiger partial charge in [-0.05, 0) is 40.2 Å². The first-order valence-corrected chi connectivity index (χ1v) is 12.3. The van der Waals surface area contributed by atoms with Crippen LogP contribution < -0.4 is 4.65 Å². The molecule has 1 aliphatic rings. The first-order chi connectivity index (χ1) is 7.77. The van der Waals surface area contributed by atoms with Gasteiger partial charge in [0.1, 0.15) is 0 Å². The Labute approximate surface area is 121 Å². The third kappa shape index (κ3) is 3.56. The zero-order chi connectivity index (χ0) is 13.3. The van der Waals surface area contributed by atoms with Gasteiger partial charge in [0.25, 0.3) is 0 Å². The van der Waals surface area contributed by atoms with Crippen LogP contribution in [0.1, 0.15) is 41.5 Å². The number of hydrogen-bond donors (Lipinski definition) is 1.